The molecule has 0 spiro atoms. The summed E-state index contributed by atoms with van der Waals surface area (Å²) in [6, 6.07) is 21.3. The lowest BCUT2D eigenvalue weighted by Crippen LogP contribution is -2.56. The maximum absolute atomic E-state index is 13.0. The molecule has 2 N–H and O–H groups in total. The van der Waals surface area contributed by atoms with Crippen molar-refractivity contribution in [3.63, 3.8) is 0 Å². The Labute approximate surface area is 188 Å². The molecule has 0 bridgehead atoms. The second-order valence-corrected chi connectivity index (χ2v) is 10.2. The second kappa shape index (κ2) is 8.24. The number of benzene rings is 3. The van der Waals surface area contributed by atoms with Crippen LogP contribution in [-0.4, -0.2) is 31.7 Å². The predicted molar refractivity (Wildman–Crippen MR) is 124 cm³/mol. The lowest BCUT2D eigenvalue weighted by atomic mass is 9.86. The highest BCUT2D eigenvalue weighted by Gasteiger charge is 2.41. The number of hydrogen-bond acceptors (Lipinski definition) is 5. The zero-order chi connectivity index (χ0) is 22.3. The summed E-state index contributed by atoms with van der Waals surface area (Å²) in [7, 11) is -3.74. The lowest BCUT2D eigenvalue weighted by molar-refractivity contribution is 0.0807. The van der Waals surface area contributed by atoms with E-state index < -0.39 is 22.2 Å². The van der Waals surface area contributed by atoms with Gasteiger partial charge in [0.25, 0.3) is 0 Å². The molecule has 1 saturated carbocycles. The van der Waals surface area contributed by atoms with Crippen molar-refractivity contribution in [2.45, 2.75) is 49.3 Å². The molecule has 1 aliphatic carbocycles. The van der Waals surface area contributed by atoms with Crippen molar-refractivity contribution in [1.82, 2.24) is 4.72 Å². The number of aliphatic hydroxyl groups is 1. The van der Waals surface area contributed by atoms with E-state index in [9.17, 15) is 13.5 Å². The highest BCUT2D eigenvalue weighted by atomic mass is 32.2. The molecule has 1 fully saturated rings. The summed E-state index contributed by atoms with van der Waals surface area (Å²) in [4.78, 5) is 2.31. The number of fused-ring (bicyclic) bond motifs is 2. The molecule has 1 aliphatic heterocycles. The van der Waals surface area contributed by atoms with Gasteiger partial charge in [0.15, 0.2) is 11.5 Å². The first kappa shape index (κ1) is 21.0. The number of nitrogens with one attached hydrogen (secondary N) is 1. The first-order chi connectivity index (χ1) is 15.4. The van der Waals surface area contributed by atoms with Gasteiger partial charge in [-0.2, -0.15) is 0 Å². The average molecular weight is 451 g/mol. The Bertz CT molecular complexity index is 1180. The van der Waals surface area contributed by atoms with Crippen LogP contribution in [0.4, 0.5) is 11.4 Å². The van der Waals surface area contributed by atoms with Crippen molar-refractivity contribution in [2.24, 2.45) is 0 Å². The molecule has 32 heavy (non-hydrogen) atoms. The Morgan fingerprint density at radius 2 is 1.50 bits per heavy atom. The van der Waals surface area contributed by atoms with Crippen molar-refractivity contribution in [2.75, 3.05) is 4.90 Å². The van der Waals surface area contributed by atoms with Gasteiger partial charge < -0.3 is 14.7 Å². The number of nitrogens with zero attached hydrogens (tertiary/aromatic N) is 1. The summed E-state index contributed by atoms with van der Waals surface area (Å²) >= 11 is 0. The van der Waals surface area contributed by atoms with Gasteiger partial charge >= 0.3 is 0 Å². The molecule has 3 aromatic carbocycles. The van der Waals surface area contributed by atoms with Crippen LogP contribution < -0.4 is 14.4 Å². The zero-order valence-corrected chi connectivity index (χ0v) is 18.6. The maximum atomic E-state index is 13.0. The van der Waals surface area contributed by atoms with Gasteiger partial charge in [0.1, 0.15) is 0 Å². The van der Waals surface area contributed by atoms with Crippen molar-refractivity contribution in [3.05, 3.63) is 78.4 Å². The number of para-hydroxylation sites is 4. The summed E-state index contributed by atoms with van der Waals surface area (Å²) in [5, 5.41) is 11.4. The lowest BCUT2D eigenvalue weighted by Gasteiger charge is -2.44. The van der Waals surface area contributed by atoms with Crippen molar-refractivity contribution < 1.29 is 18.3 Å². The van der Waals surface area contributed by atoms with E-state index in [0.29, 0.717) is 6.42 Å². The molecule has 0 radical (unpaired) electrons. The van der Waals surface area contributed by atoms with Gasteiger partial charge in [0.2, 0.25) is 10.0 Å². The van der Waals surface area contributed by atoms with E-state index in [1.54, 1.807) is 24.3 Å². The molecule has 7 heteroatoms. The molecule has 3 aromatic rings. The van der Waals surface area contributed by atoms with E-state index in [1.807, 2.05) is 55.5 Å². The van der Waals surface area contributed by atoms with E-state index in [4.69, 9.17) is 4.74 Å². The summed E-state index contributed by atoms with van der Waals surface area (Å²) < 4.78 is 34.8. The largest absolute Gasteiger partial charge is 0.453 e. The van der Waals surface area contributed by atoms with E-state index >= 15 is 0 Å². The number of sulfonamides is 1. The third-order valence-electron chi connectivity index (χ3n) is 6.26. The molecule has 5 rings (SSSR count). The normalized spacial score (nSPS) is 22.6. The molecule has 6 nitrogen and oxygen atoms in total. The second-order valence-electron chi connectivity index (χ2n) is 8.44. The van der Waals surface area contributed by atoms with Crippen LogP contribution in [0.5, 0.6) is 11.5 Å². The first-order valence-electron chi connectivity index (χ1n) is 10.9. The van der Waals surface area contributed by atoms with Crippen LogP contribution in [0.2, 0.25) is 0 Å². The molecule has 2 aliphatic rings. The number of aryl methyl sites for hydroxylation is 1. The molecule has 1 heterocycles. The SMILES string of the molecule is Cc1ccc(S(=O)(=O)N[C@@H]2CCC[C@H](N3c4ccccc4Oc4ccccc43)[C@H]2O)cc1. The van der Waals surface area contributed by atoms with Crippen LogP contribution in [0.25, 0.3) is 0 Å². The van der Waals surface area contributed by atoms with E-state index in [-0.39, 0.29) is 10.9 Å². The smallest absolute Gasteiger partial charge is 0.240 e. The zero-order valence-electron chi connectivity index (χ0n) is 17.8. The summed E-state index contributed by atoms with van der Waals surface area (Å²) in [5.41, 5.74) is 2.74. The molecule has 0 unspecified atom stereocenters. The van der Waals surface area contributed by atoms with Crippen molar-refractivity contribution >= 4 is 21.4 Å². The van der Waals surface area contributed by atoms with Gasteiger partial charge in [0.05, 0.1) is 34.5 Å². The third-order valence-corrected chi connectivity index (χ3v) is 7.77. The third kappa shape index (κ3) is 3.77. The topological polar surface area (TPSA) is 78.9 Å². The molecule has 0 amide bonds. The minimum absolute atomic E-state index is 0.208. The van der Waals surface area contributed by atoms with Crippen LogP contribution in [0.1, 0.15) is 24.8 Å². The number of ether oxygens (including phenoxy) is 1. The monoisotopic (exact) mass is 450 g/mol. The van der Waals surface area contributed by atoms with Gasteiger partial charge in [-0.3, -0.25) is 0 Å². The van der Waals surface area contributed by atoms with Crippen LogP contribution in [0, 0.1) is 6.92 Å². The fraction of sp³-hybridized carbons (Fsp3) is 0.280. The maximum Gasteiger partial charge on any atom is 0.240 e. The fourth-order valence-electron chi connectivity index (χ4n) is 4.64. The fourth-order valence-corrected chi connectivity index (χ4v) is 5.93. The Morgan fingerprint density at radius 1 is 0.906 bits per heavy atom. The predicted octanol–water partition coefficient (Wildman–Crippen LogP) is 4.50. The molecule has 0 saturated heterocycles. The number of rotatable bonds is 4. The molecular weight excluding hydrogens is 424 g/mol. The van der Waals surface area contributed by atoms with Crippen LogP contribution in [-0.2, 0) is 10.0 Å². The van der Waals surface area contributed by atoms with Crippen LogP contribution in [0.3, 0.4) is 0 Å². The van der Waals surface area contributed by atoms with Crippen LogP contribution >= 0.6 is 0 Å². The van der Waals surface area contributed by atoms with Crippen LogP contribution in [0.15, 0.2) is 77.7 Å². The molecule has 166 valence electrons. The minimum Gasteiger partial charge on any atom is -0.453 e. The van der Waals surface area contributed by atoms with E-state index in [1.165, 1.54) is 0 Å². The van der Waals surface area contributed by atoms with E-state index in [2.05, 4.69) is 9.62 Å². The van der Waals surface area contributed by atoms with Gasteiger partial charge in [0, 0.05) is 0 Å². The number of anilines is 2. The first-order valence-corrected chi connectivity index (χ1v) is 12.3. The average Bonchev–Trinajstić information content (AvgIpc) is 2.79. The van der Waals surface area contributed by atoms with Crippen molar-refractivity contribution in [1.29, 1.82) is 0 Å². The number of aliphatic hydroxyl groups excluding tert-OH is 1. The van der Waals surface area contributed by atoms with Gasteiger partial charge in [-0.1, -0.05) is 42.0 Å². The molecular formula is C25H26N2O4S. The summed E-state index contributed by atoms with van der Waals surface area (Å²) in [6.07, 6.45) is 1.23. The Kier molecular flexibility index (Phi) is 5.41. The highest BCUT2D eigenvalue weighted by Crippen LogP contribution is 2.49. The standard InChI is InChI=1S/C25H26N2O4S/c1-17-13-15-18(16-14-17)32(29,30)26-19-7-6-10-22(25(19)28)27-20-8-2-4-11-23(20)31-24-12-5-3-9-21(24)27/h2-5,8-9,11-16,19,22,25-26,28H,6-7,10H2,1H3/t19-,22+,25+/m1/s1. The Hall–Kier alpha value is -2.87. The van der Waals surface area contributed by atoms with Gasteiger partial charge in [-0.25, -0.2) is 13.1 Å². The summed E-state index contributed by atoms with van der Waals surface area (Å²) in [5.74, 6) is 1.45. The Morgan fingerprint density at radius 3 is 2.12 bits per heavy atom. The van der Waals surface area contributed by atoms with Gasteiger partial charge in [-0.15, -0.1) is 0 Å². The van der Waals surface area contributed by atoms with Crippen molar-refractivity contribution in [3.8, 4) is 11.5 Å². The number of hydrogen-bond donors (Lipinski definition) is 2. The van der Waals surface area contributed by atoms with E-state index in [0.717, 1.165) is 41.3 Å². The summed E-state index contributed by atoms with van der Waals surface area (Å²) in [6.45, 7) is 1.91. The highest BCUT2D eigenvalue weighted by molar-refractivity contribution is 7.89. The van der Waals surface area contributed by atoms with Gasteiger partial charge in [-0.05, 0) is 62.6 Å². The molecule has 0 aromatic heterocycles. The quantitative estimate of drug-likeness (QED) is 0.612. The minimum atomic E-state index is -3.74. The molecule has 3 atom stereocenters. The Balaban J connectivity index is 1.46.